The molecule has 8 heteroatoms. The summed E-state index contributed by atoms with van der Waals surface area (Å²) in [5.41, 5.74) is 5.29. The maximum Gasteiger partial charge on any atom is 0.336 e. The van der Waals surface area contributed by atoms with Crippen molar-refractivity contribution >= 4 is 11.8 Å². The van der Waals surface area contributed by atoms with Gasteiger partial charge in [-0.3, -0.25) is 4.79 Å². The van der Waals surface area contributed by atoms with Gasteiger partial charge >= 0.3 is 5.97 Å². The second kappa shape index (κ2) is 14.3. The number of benzene rings is 3. The highest BCUT2D eigenvalue weighted by molar-refractivity contribution is 6.04. The number of Topliss-reactive ketones (excluding diaryl/α,β-unsaturated/α-hetero) is 1. The van der Waals surface area contributed by atoms with Crippen molar-refractivity contribution in [1.29, 1.82) is 0 Å². The number of carbonyl (C=O) groups excluding carboxylic acids is 2. The summed E-state index contributed by atoms with van der Waals surface area (Å²) in [6, 6.07) is 23.3. The molecule has 0 radical (unpaired) electrons. The fourth-order valence-electron chi connectivity index (χ4n) is 5.93. The van der Waals surface area contributed by atoms with E-state index < -0.39 is 11.9 Å². The zero-order valence-corrected chi connectivity index (χ0v) is 25.7. The molecular formula is C36H39NO7. The monoisotopic (exact) mass is 597 g/mol. The Morgan fingerprint density at radius 2 is 1.68 bits per heavy atom. The smallest absolute Gasteiger partial charge is 0.336 e. The minimum absolute atomic E-state index is 0.0220. The van der Waals surface area contributed by atoms with Gasteiger partial charge in [-0.05, 0) is 67.1 Å². The molecule has 0 bridgehead atoms. The standard InChI is InChI=1S/C36H39NO7/c1-5-42-16-17-43-36(39)33-23(2)37-29-19-27(25-14-15-31(40-3)32(21-25)41-4)20-30(38)35(29)34(33)26-12-9-13-28(18-26)44-22-24-10-7-6-8-11-24/h6-15,18,21,27,34,37H,5,16-17,19-20,22H2,1-4H3/t27-,34-/m0/s1. The quantitative estimate of drug-likeness (QED) is 0.194. The molecule has 0 amide bonds. The number of esters is 1. The molecule has 2 aliphatic rings. The Morgan fingerprint density at radius 3 is 2.43 bits per heavy atom. The van der Waals surface area contributed by atoms with Crippen LogP contribution >= 0.6 is 0 Å². The summed E-state index contributed by atoms with van der Waals surface area (Å²) < 4.78 is 28.1. The highest BCUT2D eigenvalue weighted by Gasteiger charge is 2.41. The molecule has 0 saturated carbocycles. The van der Waals surface area contributed by atoms with Crippen molar-refractivity contribution in [3.05, 3.63) is 112 Å². The van der Waals surface area contributed by atoms with E-state index in [1.807, 2.05) is 86.6 Å². The molecule has 0 aromatic heterocycles. The molecular weight excluding hydrogens is 558 g/mol. The molecule has 3 aromatic rings. The third-order valence-corrected chi connectivity index (χ3v) is 8.03. The molecule has 1 aliphatic carbocycles. The third-order valence-electron chi connectivity index (χ3n) is 8.03. The number of dihydropyridines is 1. The van der Waals surface area contributed by atoms with Crippen LogP contribution in [0.1, 0.15) is 55.2 Å². The number of ketones is 1. The van der Waals surface area contributed by atoms with Crippen LogP contribution in [0, 0.1) is 0 Å². The van der Waals surface area contributed by atoms with Gasteiger partial charge in [0.05, 0.1) is 26.4 Å². The predicted molar refractivity (Wildman–Crippen MR) is 167 cm³/mol. The van der Waals surface area contributed by atoms with Gasteiger partial charge in [-0.2, -0.15) is 0 Å². The SMILES string of the molecule is CCOCCOC(=O)C1=C(C)NC2=C(C(=O)C[C@@H](c3ccc(OC)c(OC)c3)C2)[C@H]1c1cccc(OCc2ccccc2)c1. The van der Waals surface area contributed by atoms with Crippen LogP contribution in [-0.4, -0.2) is 45.8 Å². The largest absolute Gasteiger partial charge is 0.493 e. The topological polar surface area (TPSA) is 92.3 Å². The molecule has 230 valence electrons. The van der Waals surface area contributed by atoms with Crippen molar-refractivity contribution in [2.24, 2.45) is 0 Å². The number of allylic oxidation sites excluding steroid dienone is 3. The highest BCUT2D eigenvalue weighted by Crippen LogP contribution is 2.47. The van der Waals surface area contributed by atoms with Gasteiger partial charge in [0.1, 0.15) is 19.0 Å². The first-order chi connectivity index (χ1) is 21.4. The first-order valence-corrected chi connectivity index (χ1v) is 14.9. The number of carbonyl (C=O) groups is 2. The molecule has 0 unspecified atom stereocenters. The van der Waals surface area contributed by atoms with Crippen LogP contribution in [0.25, 0.3) is 0 Å². The molecule has 44 heavy (non-hydrogen) atoms. The number of methoxy groups -OCH3 is 2. The van der Waals surface area contributed by atoms with E-state index in [2.05, 4.69) is 5.32 Å². The molecule has 0 saturated heterocycles. The van der Waals surface area contributed by atoms with Gasteiger partial charge in [0, 0.05) is 35.9 Å². The maximum atomic E-state index is 14.1. The van der Waals surface area contributed by atoms with Crippen molar-refractivity contribution in [1.82, 2.24) is 5.32 Å². The zero-order chi connectivity index (χ0) is 31.1. The number of hydrogen-bond acceptors (Lipinski definition) is 8. The molecule has 3 aromatic carbocycles. The summed E-state index contributed by atoms with van der Waals surface area (Å²) in [5.74, 6) is 0.734. The van der Waals surface area contributed by atoms with Crippen LogP contribution in [0.3, 0.4) is 0 Å². The Balaban J connectivity index is 1.49. The lowest BCUT2D eigenvalue weighted by molar-refractivity contribution is -0.140. The second-order valence-electron chi connectivity index (χ2n) is 10.8. The fraction of sp³-hybridized carbons (Fsp3) is 0.333. The molecule has 2 atom stereocenters. The second-order valence-corrected chi connectivity index (χ2v) is 10.8. The van der Waals surface area contributed by atoms with Gasteiger partial charge in [0.15, 0.2) is 17.3 Å². The van der Waals surface area contributed by atoms with E-state index in [4.69, 9.17) is 23.7 Å². The molecule has 5 rings (SSSR count). The molecule has 1 heterocycles. The minimum Gasteiger partial charge on any atom is -0.493 e. The first-order valence-electron chi connectivity index (χ1n) is 14.9. The van der Waals surface area contributed by atoms with Crippen LogP contribution in [-0.2, 0) is 25.7 Å². The highest BCUT2D eigenvalue weighted by atomic mass is 16.6. The van der Waals surface area contributed by atoms with Gasteiger partial charge < -0.3 is 29.0 Å². The van der Waals surface area contributed by atoms with E-state index in [1.165, 1.54) is 0 Å². The summed E-state index contributed by atoms with van der Waals surface area (Å²) in [5, 5.41) is 3.41. The summed E-state index contributed by atoms with van der Waals surface area (Å²) in [4.78, 5) is 27.6. The van der Waals surface area contributed by atoms with Crippen LogP contribution in [0.4, 0.5) is 0 Å². The van der Waals surface area contributed by atoms with Crippen molar-refractivity contribution in [3.8, 4) is 17.2 Å². The van der Waals surface area contributed by atoms with Crippen molar-refractivity contribution in [2.45, 2.75) is 45.1 Å². The number of hydrogen-bond donors (Lipinski definition) is 1. The van der Waals surface area contributed by atoms with E-state index in [-0.39, 0.29) is 18.3 Å². The van der Waals surface area contributed by atoms with E-state index in [0.29, 0.717) is 66.8 Å². The molecule has 8 nitrogen and oxygen atoms in total. The third kappa shape index (κ3) is 6.81. The lowest BCUT2D eigenvalue weighted by Crippen LogP contribution is -2.36. The summed E-state index contributed by atoms with van der Waals surface area (Å²) in [6.45, 7) is 5.10. The van der Waals surface area contributed by atoms with Gasteiger partial charge in [0.2, 0.25) is 0 Å². The normalized spacial score (nSPS) is 18.0. The summed E-state index contributed by atoms with van der Waals surface area (Å²) in [6.07, 6.45) is 0.893. The Kier molecular flexibility index (Phi) is 10.0. The maximum absolute atomic E-state index is 14.1. The zero-order valence-electron chi connectivity index (χ0n) is 25.7. The summed E-state index contributed by atoms with van der Waals surface area (Å²) in [7, 11) is 3.20. The minimum atomic E-state index is -0.607. The van der Waals surface area contributed by atoms with E-state index in [1.54, 1.807) is 14.2 Å². The van der Waals surface area contributed by atoms with Crippen molar-refractivity contribution in [3.63, 3.8) is 0 Å². The Hall–Kier alpha value is -4.56. The fourth-order valence-corrected chi connectivity index (χ4v) is 5.93. The number of ether oxygens (including phenoxy) is 5. The van der Waals surface area contributed by atoms with Crippen molar-refractivity contribution < 1.29 is 33.3 Å². The van der Waals surface area contributed by atoms with Gasteiger partial charge in [-0.25, -0.2) is 4.79 Å². The molecule has 0 fully saturated rings. The van der Waals surface area contributed by atoms with Gasteiger partial charge in [0.25, 0.3) is 0 Å². The lowest BCUT2D eigenvalue weighted by Gasteiger charge is -2.37. The first kappa shape index (κ1) is 30.9. The van der Waals surface area contributed by atoms with E-state index in [0.717, 1.165) is 22.4 Å². The Labute approximate surface area is 258 Å². The average molecular weight is 598 g/mol. The number of nitrogens with one attached hydrogen (secondary N) is 1. The Bertz CT molecular complexity index is 1560. The van der Waals surface area contributed by atoms with Crippen molar-refractivity contribution in [2.75, 3.05) is 34.0 Å². The van der Waals surface area contributed by atoms with E-state index >= 15 is 0 Å². The van der Waals surface area contributed by atoms with E-state index in [9.17, 15) is 9.59 Å². The van der Waals surface area contributed by atoms with Gasteiger partial charge in [-0.15, -0.1) is 0 Å². The Morgan fingerprint density at radius 1 is 0.886 bits per heavy atom. The predicted octanol–water partition coefficient (Wildman–Crippen LogP) is 6.22. The van der Waals surface area contributed by atoms with Gasteiger partial charge in [-0.1, -0.05) is 48.5 Å². The lowest BCUT2D eigenvalue weighted by atomic mass is 9.71. The summed E-state index contributed by atoms with van der Waals surface area (Å²) >= 11 is 0. The van der Waals surface area contributed by atoms with Crippen LogP contribution in [0.15, 0.2) is 95.3 Å². The van der Waals surface area contributed by atoms with Crippen LogP contribution in [0.2, 0.25) is 0 Å². The molecule has 1 N–H and O–H groups in total. The molecule has 1 aliphatic heterocycles. The number of rotatable bonds is 12. The van der Waals surface area contributed by atoms with Crippen LogP contribution in [0.5, 0.6) is 17.2 Å². The van der Waals surface area contributed by atoms with Crippen LogP contribution < -0.4 is 19.5 Å². The molecule has 0 spiro atoms. The average Bonchev–Trinajstić information content (AvgIpc) is 3.05.